The van der Waals surface area contributed by atoms with Gasteiger partial charge >= 0.3 is 0 Å². The van der Waals surface area contributed by atoms with Crippen molar-refractivity contribution < 1.29 is 4.79 Å². The van der Waals surface area contributed by atoms with E-state index in [1.165, 1.54) is 5.56 Å². The predicted molar refractivity (Wildman–Crippen MR) is 93.7 cm³/mol. The molecule has 21 heavy (non-hydrogen) atoms. The number of rotatable bonds is 4. The predicted octanol–water partition coefficient (Wildman–Crippen LogP) is 4.38. The lowest BCUT2D eigenvalue weighted by Crippen LogP contribution is -2.15. The minimum Gasteiger partial charge on any atom is -0.267 e. The molecule has 0 spiro atoms. The summed E-state index contributed by atoms with van der Waals surface area (Å²) in [6.45, 7) is 8.40. The number of nitrogens with zero attached hydrogens (tertiary/aromatic N) is 2. The quantitative estimate of drug-likeness (QED) is 0.719. The Kier molecular flexibility index (Phi) is 5.19. The molecule has 112 valence electrons. The van der Waals surface area contributed by atoms with Crippen LogP contribution in [-0.4, -0.2) is 15.7 Å². The van der Waals surface area contributed by atoms with Gasteiger partial charge < -0.3 is 0 Å². The van der Waals surface area contributed by atoms with Crippen LogP contribution in [0, 0.1) is 23.3 Å². The van der Waals surface area contributed by atoms with Crippen LogP contribution in [0.15, 0.2) is 24.3 Å². The molecule has 0 bridgehead atoms. The average Bonchev–Trinajstić information content (AvgIpc) is 2.71. The van der Waals surface area contributed by atoms with Crippen LogP contribution in [0.3, 0.4) is 0 Å². The molecule has 3 nitrogen and oxygen atoms in total. The van der Waals surface area contributed by atoms with Gasteiger partial charge in [0.15, 0.2) is 0 Å². The summed E-state index contributed by atoms with van der Waals surface area (Å²) in [5, 5.41) is 4.46. The molecule has 0 aliphatic carbocycles. The van der Waals surface area contributed by atoms with Crippen molar-refractivity contribution in [3.05, 3.63) is 50.4 Å². The van der Waals surface area contributed by atoms with E-state index in [4.69, 9.17) is 0 Å². The van der Waals surface area contributed by atoms with Gasteiger partial charge in [0.25, 0.3) is 5.91 Å². The van der Waals surface area contributed by atoms with E-state index in [1.807, 2.05) is 38.1 Å². The molecule has 2 aromatic rings. The first-order chi connectivity index (χ1) is 9.90. The van der Waals surface area contributed by atoms with E-state index in [-0.39, 0.29) is 5.91 Å². The minimum atomic E-state index is -0.0510. The molecule has 4 heteroatoms. The maximum atomic E-state index is 12.6. The number of carbonyl (C=O) groups is 1. The lowest BCUT2D eigenvalue weighted by molar-refractivity contribution is 0.0942. The molecule has 0 atom stereocenters. The molecule has 0 amide bonds. The standard InChI is InChI=1S/C17H21IN2O/c1-11(2)8-9-16-12(3)19-20(13(16)4)17(21)14-6-5-7-15(18)10-14/h5-7,10-11H,8-9H2,1-4H3. The Morgan fingerprint density at radius 2 is 2.05 bits per heavy atom. The van der Waals surface area contributed by atoms with Gasteiger partial charge in [-0.25, -0.2) is 4.68 Å². The van der Waals surface area contributed by atoms with E-state index in [0.29, 0.717) is 11.5 Å². The van der Waals surface area contributed by atoms with Gasteiger partial charge in [0, 0.05) is 14.8 Å². The fourth-order valence-corrected chi connectivity index (χ4v) is 2.95. The minimum absolute atomic E-state index is 0.0510. The van der Waals surface area contributed by atoms with Crippen molar-refractivity contribution in [3.8, 4) is 0 Å². The first-order valence-electron chi connectivity index (χ1n) is 7.25. The molecular weight excluding hydrogens is 375 g/mol. The Balaban J connectivity index is 2.32. The molecule has 2 rings (SSSR count). The van der Waals surface area contributed by atoms with Gasteiger partial charge in [0.05, 0.1) is 5.69 Å². The number of benzene rings is 1. The fraction of sp³-hybridized carbons (Fsp3) is 0.412. The second kappa shape index (κ2) is 6.73. The second-order valence-electron chi connectivity index (χ2n) is 5.81. The Morgan fingerprint density at radius 1 is 1.33 bits per heavy atom. The number of hydrogen-bond acceptors (Lipinski definition) is 2. The topological polar surface area (TPSA) is 34.9 Å². The highest BCUT2D eigenvalue weighted by atomic mass is 127. The zero-order chi connectivity index (χ0) is 15.6. The van der Waals surface area contributed by atoms with Crippen LogP contribution >= 0.6 is 22.6 Å². The summed E-state index contributed by atoms with van der Waals surface area (Å²) in [5.74, 6) is 0.600. The van der Waals surface area contributed by atoms with E-state index >= 15 is 0 Å². The highest BCUT2D eigenvalue weighted by Crippen LogP contribution is 2.19. The molecular formula is C17H21IN2O. The van der Waals surface area contributed by atoms with Crippen LogP contribution < -0.4 is 0 Å². The molecule has 0 aliphatic rings. The van der Waals surface area contributed by atoms with Crippen molar-refractivity contribution in [1.82, 2.24) is 9.78 Å². The molecule has 1 aromatic carbocycles. The smallest absolute Gasteiger partial charge is 0.267 e. The molecule has 0 unspecified atom stereocenters. The molecule has 1 aromatic heterocycles. The normalized spacial score (nSPS) is 11.1. The number of aromatic nitrogens is 2. The average molecular weight is 396 g/mol. The maximum absolute atomic E-state index is 12.6. The summed E-state index contributed by atoms with van der Waals surface area (Å²) in [4.78, 5) is 12.6. The van der Waals surface area contributed by atoms with Crippen LogP contribution in [0.5, 0.6) is 0 Å². The number of carbonyl (C=O) groups excluding carboxylic acids is 1. The number of hydrogen-bond donors (Lipinski definition) is 0. The van der Waals surface area contributed by atoms with Crippen molar-refractivity contribution in [2.75, 3.05) is 0 Å². The van der Waals surface area contributed by atoms with Crippen LogP contribution in [0.25, 0.3) is 0 Å². The van der Waals surface area contributed by atoms with Gasteiger partial charge in [-0.2, -0.15) is 5.10 Å². The third-order valence-corrected chi connectivity index (χ3v) is 4.35. The molecule has 0 N–H and O–H groups in total. The third-order valence-electron chi connectivity index (χ3n) is 3.68. The van der Waals surface area contributed by atoms with Gasteiger partial charge in [-0.3, -0.25) is 4.79 Å². The van der Waals surface area contributed by atoms with Crippen LogP contribution in [0.4, 0.5) is 0 Å². The van der Waals surface area contributed by atoms with E-state index in [2.05, 4.69) is 41.5 Å². The van der Waals surface area contributed by atoms with E-state index in [9.17, 15) is 4.79 Å². The molecule has 0 aliphatic heterocycles. The van der Waals surface area contributed by atoms with Crippen LogP contribution in [0.1, 0.15) is 47.6 Å². The highest BCUT2D eigenvalue weighted by molar-refractivity contribution is 14.1. The Hall–Kier alpha value is -1.17. The van der Waals surface area contributed by atoms with Crippen molar-refractivity contribution in [2.24, 2.45) is 5.92 Å². The molecule has 0 saturated carbocycles. The zero-order valence-electron chi connectivity index (χ0n) is 13.0. The van der Waals surface area contributed by atoms with Gasteiger partial charge in [0.2, 0.25) is 0 Å². The largest absolute Gasteiger partial charge is 0.278 e. The maximum Gasteiger partial charge on any atom is 0.278 e. The second-order valence-corrected chi connectivity index (χ2v) is 7.05. The summed E-state index contributed by atoms with van der Waals surface area (Å²) in [6.07, 6.45) is 2.10. The molecule has 0 saturated heterocycles. The lowest BCUT2D eigenvalue weighted by atomic mass is 10.0. The molecule has 0 radical (unpaired) electrons. The monoisotopic (exact) mass is 396 g/mol. The van der Waals surface area contributed by atoms with Gasteiger partial charge in [-0.15, -0.1) is 0 Å². The summed E-state index contributed by atoms with van der Waals surface area (Å²) in [5.41, 5.74) is 3.83. The molecule has 0 fully saturated rings. The number of aryl methyl sites for hydroxylation is 1. The fourth-order valence-electron chi connectivity index (χ4n) is 2.41. The van der Waals surface area contributed by atoms with E-state index in [0.717, 1.165) is 27.8 Å². The van der Waals surface area contributed by atoms with E-state index < -0.39 is 0 Å². The zero-order valence-corrected chi connectivity index (χ0v) is 15.1. The summed E-state index contributed by atoms with van der Waals surface area (Å²) in [7, 11) is 0. The van der Waals surface area contributed by atoms with Crippen molar-refractivity contribution in [3.63, 3.8) is 0 Å². The SMILES string of the molecule is Cc1nn(C(=O)c2cccc(I)c2)c(C)c1CCC(C)C. The Bertz CT molecular complexity index is 659. The van der Waals surface area contributed by atoms with Gasteiger partial charge in [-0.1, -0.05) is 19.9 Å². The van der Waals surface area contributed by atoms with E-state index in [1.54, 1.807) is 4.68 Å². The van der Waals surface area contributed by atoms with Crippen LogP contribution in [0.2, 0.25) is 0 Å². The number of halogens is 1. The first kappa shape index (κ1) is 16.2. The highest BCUT2D eigenvalue weighted by Gasteiger charge is 2.18. The van der Waals surface area contributed by atoms with Crippen molar-refractivity contribution in [2.45, 2.75) is 40.5 Å². The van der Waals surface area contributed by atoms with Gasteiger partial charge in [0.1, 0.15) is 0 Å². The van der Waals surface area contributed by atoms with Crippen molar-refractivity contribution >= 4 is 28.5 Å². The lowest BCUT2D eigenvalue weighted by Gasteiger charge is -2.06. The molecule has 1 heterocycles. The Labute approximate surface area is 139 Å². The van der Waals surface area contributed by atoms with Crippen molar-refractivity contribution in [1.29, 1.82) is 0 Å². The summed E-state index contributed by atoms with van der Waals surface area (Å²) in [6, 6.07) is 7.62. The first-order valence-corrected chi connectivity index (χ1v) is 8.33. The summed E-state index contributed by atoms with van der Waals surface area (Å²) < 4.78 is 2.61. The van der Waals surface area contributed by atoms with Gasteiger partial charge in [-0.05, 0) is 79.0 Å². The third kappa shape index (κ3) is 3.73. The summed E-state index contributed by atoms with van der Waals surface area (Å²) >= 11 is 2.22. The Morgan fingerprint density at radius 3 is 2.67 bits per heavy atom. The van der Waals surface area contributed by atoms with Crippen LogP contribution in [-0.2, 0) is 6.42 Å².